The van der Waals surface area contributed by atoms with Crippen LogP contribution in [0.25, 0.3) is 0 Å². The van der Waals surface area contributed by atoms with Crippen molar-refractivity contribution in [1.29, 1.82) is 5.26 Å². The minimum Gasteiger partial charge on any atom is -0.480 e. The highest BCUT2D eigenvalue weighted by Gasteiger charge is 2.41. The van der Waals surface area contributed by atoms with Crippen molar-refractivity contribution < 1.29 is 38.1 Å². The van der Waals surface area contributed by atoms with Gasteiger partial charge in [-0.15, -0.1) is 0 Å². The fourth-order valence-corrected chi connectivity index (χ4v) is 2.80. The number of halogens is 3. The quantitative estimate of drug-likeness (QED) is 0.614. The fraction of sp³-hybridized carbons (Fsp3) is 0.800. The van der Waals surface area contributed by atoms with Crippen LogP contribution in [0.1, 0.15) is 46.0 Å². The highest BCUT2D eigenvalue weighted by atomic mass is 19.4. The van der Waals surface area contributed by atoms with E-state index < -0.39 is 24.2 Å². The minimum atomic E-state index is -5.08. The first-order chi connectivity index (χ1) is 11.5. The summed E-state index contributed by atoms with van der Waals surface area (Å²) >= 11 is 0. The van der Waals surface area contributed by atoms with Crippen LogP contribution in [0.3, 0.4) is 0 Å². The number of aliphatic hydroxyl groups is 1. The molecule has 0 aromatic rings. The van der Waals surface area contributed by atoms with Crippen molar-refractivity contribution in [3.8, 4) is 6.19 Å². The smallest absolute Gasteiger partial charge is 0.480 e. The molecule has 144 valence electrons. The first-order valence-corrected chi connectivity index (χ1v) is 7.79. The van der Waals surface area contributed by atoms with E-state index in [1.807, 2.05) is 20.0 Å². The van der Waals surface area contributed by atoms with E-state index in [1.54, 1.807) is 0 Å². The number of aliphatic hydroxyl groups excluding tert-OH is 1. The van der Waals surface area contributed by atoms with E-state index in [0.29, 0.717) is 19.3 Å². The fourth-order valence-electron chi connectivity index (χ4n) is 2.80. The molecule has 0 bridgehead atoms. The molecule has 0 saturated carbocycles. The highest BCUT2D eigenvalue weighted by molar-refractivity contribution is 5.74. The Hall–Kier alpha value is -2.02. The lowest BCUT2D eigenvalue weighted by atomic mass is 9.77. The van der Waals surface area contributed by atoms with Gasteiger partial charge in [-0.1, -0.05) is 13.8 Å². The Morgan fingerprint density at radius 3 is 1.96 bits per heavy atom. The molecule has 1 saturated heterocycles. The largest absolute Gasteiger partial charge is 0.490 e. The minimum absolute atomic E-state index is 0.0526. The zero-order chi connectivity index (χ0) is 19.8. The molecule has 0 spiro atoms. The van der Waals surface area contributed by atoms with Crippen LogP contribution in [0.4, 0.5) is 13.2 Å². The van der Waals surface area contributed by atoms with Crippen LogP contribution in [0.15, 0.2) is 0 Å². The van der Waals surface area contributed by atoms with Gasteiger partial charge in [0.25, 0.3) is 0 Å². The third-order valence-corrected chi connectivity index (χ3v) is 4.65. The van der Waals surface area contributed by atoms with E-state index in [4.69, 9.17) is 20.3 Å². The number of aliphatic carboxylic acids is 2. The molecule has 3 N–H and O–H groups in total. The first kappa shape index (κ1) is 23.0. The first-order valence-electron chi connectivity index (χ1n) is 7.79. The number of hydrogen-bond acceptors (Lipinski definition) is 5. The predicted molar refractivity (Wildman–Crippen MR) is 80.3 cm³/mol. The maximum absolute atomic E-state index is 11.0. The Morgan fingerprint density at radius 1 is 1.20 bits per heavy atom. The molecule has 0 aromatic heterocycles. The van der Waals surface area contributed by atoms with E-state index in [2.05, 4.69) is 0 Å². The summed E-state index contributed by atoms with van der Waals surface area (Å²) in [6, 6.07) is -0.742. The topological polar surface area (TPSA) is 122 Å². The zero-order valence-electron chi connectivity index (χ0n) is 14.1. The molecule has 0 amide bonds. The SMILES string of the molecule is CCC(CC)(CO)CC1CCC(C(=O)O)N1C#N.O=C(O)C(F)(F)F. The van der Waals surface area contributed by atoms with Gasteiger partial charge in [0.05, 0.1) is 0 Å². The molecule has 0 aliphatic carbocycles. The molecular formula is C15H23F3N2O5. The molecule has 1 heterocycles. The van der Waals surface area contributed by atoms with Gasteiger partial charge >= 0.3 is 18.1 Å². The highest BCUT2D eigenvalue weighted by Crippen LogP contribution is 2.37. The number of likely N-dealkylation sites (tertiary alicyclic amines) is 1. The molecule has 1 fully saturated rings. The molecule has 2 unspecified atom stereocenters. The van der Waals surface area contributed by atoms with Crippen LogP contribution >= 0.6 is 0 Å². The average molecular weight is 368 g/mol. The van der Waals surface area contributed by atoms with Crippen LogP contribution < -0.4 is 0 Å². The zero-order valence-corrected chi connectivity index (χ0v) is 14.1. The molecule has 25 heavy (non-hydrogen) atoms. The summed E-state index contributed by atoms with van der Waals surface area (Å²) in [7, 11) is 0. The van der Waals surface area contributed by atoms with Crippen molar-refractivity contribution >= 4 is 11.9 Å². The second kappa shape index (κ2) is 9.46. The molecule has 1 aliphatic heterocycles. The van der Waals surface area contributed by atoms with E-state index in [9.17, 15) is 23.1 Å². The van der Waals surface area contributed by atoms with Crippen LogP contribution in [0.5, 0.6) is 0 Å². The number of carboxylic acids is 2. The number of nitriles is 1. The van der Waals surface area contributed by atoms with E-state index in [0.717, 1.165) is 12.8 Å². The summed E-state index contributed by atoms with van der Waals surface area (Å²) in [6.07, 6.45) is 0.529. The summed E-state index contributed by atoms with van der Waals surface area (Å²) in [4.78, 5) is 21.3. The Labute approximate surface area is 143 Å². The number of carboxylic acid groups (broad SMARTS) is 2. The third kappa shape index (κ3) is 6.42. The van der Waals surface area contributed by atoms with Crippen molar-refractivity contribution in [2.75, 3.05) is 6.61 Å². The summed E-state index contributed by atoms with van der Waals surface area (Å²) in [5.74, 6) is -3.69. The van der Waals surface area contributed by atoms with Gasteiger partial charge in [0.2, 0.25) is 0 Å². The molecular weight excluding hydrogens is 345 g/mol. The maximum Gasteiger partial charge on any atom is 0.490 e. The predicted octanol–water partition coefficient (Wildman–Crippen LogP) is 2.21. The average Bonchev–Trinajstić information content (AvgIpc) is 2.95. The molecule has 2 atom stereocenters. The standard InChI is InChI=1S/C13H22N2O3.C2HF3O2/c1-3-13(4-2,8-16)7-10-5-6-11(12(17)18)15(10)9-14;3-2(4,5)1(6)7/h10-11,16H,3-8H2,1-2H3,(H,17,18);(H,6,7). The van der Waals surface area contributed by atoms with Crippen molar-refractivity contribution in [2.45, 2.75) is 64.2 Å². The lowest BCUT2D eigenvalue weighted by molar-refractivity contribution is -0.192. The summed E-state index contributed by atoms with van der Waals surface area (Å²) < 4.78 is 31.7. The third-order valence-electron chi connectivity index (χ3n) is 4.65. The second-order valence-electron chi connectivity index (χ2n) is 5.96. The molecule has 0 radical (unpaired) electrons. The molecule has 1 rings (SSSR count). The van der Waals surface area contributed by atoms with Gasteiger partial charge in [0, 0.05) is 12.6 Å². The van der Waals surface area contributed by atoms with Crippen LogP contribution in [0.2, 0.25) is 0 Å². The molecule has 0 aromatic carbocycles. The molecule has 7 nitrogen and oxygen atoms in total. The van der Waals surface area contributed by atoms with Gasteiger partial charge < -0.3 is 15.3 Å². The number of nitrogens with zero attached hydrogens (tertiary/aromatic N) is 2. The van der Waals surface area contributed by atoms with E-state index >= 15 is 0 Å². The van der Waals surface area contributed by atoms with Crippen LogP contribution in [0, 0.1) is 16.9 Å². The van der Waals surface area contributed by atoms with Gasteiger partial charge in [0.15, 0.2) is 6.19 Å². The van der Waals surface area contributed by atoms with Crippen molar-refractivity contribution in [1.82, 2.24) is 4.90 Å². The Morgan fingerprint density at radius 2 is 1.68 bits per heavy atom. The van der Waals surface area contributed by atoms with Crippen LogP contribution in [-0.4, -0.2) is 57.0 Å². The van der Waals surface area contributed by atoms with Crippen molar-refractivity contribution in [3.05, 3.63) is 0 Å². The Kier molecular flexibility index (Phi) is 8.70. The Balaban J connectivity index is 0.000000697. The normalized spacial score (nSPS) is 20.4. The number of rotatable bonds is 6. The Bertz CT molecular complexity index is 492. The lowest BCUT2D eigenvalue weighted by Crippen LogP contribution is -2.40. The maximum atomic E-state index is 11.0. The summed E-state index contributed by atoms with van der Waals surface area (Å²) in [5, 5.41) is 34.9. The van der Waals surface area contributed by atoms with Gasteiger partial charge in [-0.3, -0.25) is 4.90 Å². The second-order valence-corrected chi connectivity index (χ2v) is 5.96. The van der Waals surface area contributed by atoms with Gasteiger partial charge in [-0.25, -0.2) is 9.59 Å². The monoisotopic (exact) mass is 368 g/mol. The number of carbonyl (C=O) groups is 2. The van der Waals surface area contributed by atoms with Crippen molar-refractivity contribution in [3.63, 3.8) is 0 Å². The molecule has 1 aliphatic rings. The summed E-state index contributed by atoms with van der Waals surface area (Å²) in [6.45, 7) is 4.15. The van der Waals surface area contributed by atoms with Gasteiger partial charge in [-0.05, 0) is 37.5 Å². The van der Waals surface area contributed by atoms with E-state index in [-0.39, 0.29) is 18.1 Å². The lowest BCUT2D eigenvalue weighted by Gasteiger charge is -2.34. The van der Waals surface area contributed by atoms with Crippen molar-refractivity contribution in [2.24, 2.45) is 5.41 Å². The number of hydrogen-bond donors (Lipinski definition) is 3. The van der Waals surface area contributed by atoms with E-state index in [1.165, 1.54) is 4.90 Å². The number of alkyl halides is 3. The van der Waals surface area contributed by atoms with Gasteiger partial charge in [0.1, 0.15) is 6.04 Å². The van der Waals surface area contributed by atoms with Crippen LogP contribution in [-0.2, 0) is 9.59 Å². The summed E-state index contributed by atoms with van der Waals surface area (Å²) in [5.41, 5.74) is -0.187. The van der Waals surface area contributed by atoms with Gasteiger partial charge in [-0.2, -0.15) is 18.4 Å². The molecule has 10 heteroatoms.